The predicted octanol–water partition coefficient (Wildman–Crippen LogP) is 1.60. The highest BCUT2D eigenvalue weighted by molar-refractivity contribution is 5.92. The zero-order valence-corrected chi connectivity index (χ0v) is 9.81. The van der Waals surface area contributed by atoms with E-state index in [1.807, 2.05) is 19.9 Å². The maximum atomic E-state index is 11.5. The van der Waals surface area contributed by atoms with Gasteiger partial charge in [-0.3, -0.25) is 4.79 Å². The maximum Gasteiger partial charge on any atom is 0.246 e. The first kappa shape index (κ1) is 12.2. The van der Waals surface area contributed by atoms with Crippen LogP contribution in [0.25, 0.3) is 0 Å². The molecular weight excluding hydrogens is 188 g/mol. The Balaban J connectivity index is 2.13. The van der Waals surface area contributed by atoms with Crippen molar-refractivity contribution in [3.05, 3.63) is 11.6 Å². The zero-order chi connectivity index (χ0) is 11.1. The van der Waals surface area contributed by atoms with Crippen LogP contribution in [0.1, 0.15) is 39.5 Å². The molecule has 1 heterocycles. The van der Waals surface area contributed by atoms with Gasteiger partial charge in [-0.2, -0.15) is 0 Å². The second kappa shape index (κ2) is 6.62. The lowest BCUT2D eigenvalue weighted by atomic mass is 10.1. The largest absolute Gasteiger partial charge is 0.352 e. The molecule has 1 aliphatic rings. The van der Waals surface area contributed by atoms with Crippen molar-refractivity contribution in [2.45, 2.75) is 45.6 Å². The summed E-state index contributed by atoms with van der Waals surface area (Å²) in [5.41, 5.74) is 0.830. The van der Waals surface area contributed by atoms with Gasteiger partial charge in [-0.15, -0.1) is 0 Å². The van der Waals surface area contributed by atoms with Crippen molar-refractivity contribution in [1.82, 2.24) is 10.6 Å². The molecule has 1 aliphatic heterocycles. The summed E-state index contributed by atoms with van der Waals surface area (Å²) in [7, 11) is 0. The topological polar surface area (TPSA) is 41.1 Å². The zero-order valence-electron chi connectivity index (χ0n) is 9.81. The molecule has 1 amide bonds. The lowest BCUT2D eigenvalue weighted by Crippen LogP contribution is -2.30. The molecule has 15 heavy (non-hydrogen) atoms. The summed E-state index contributed by atoms with van der Waals surface area (Å²) in [5, 5.41) is 6.37. The molecule has 0 aromatic carbocycles. The van der Waals surface area contributed by atoms with Crippen LogP contribution in [0.2, 0.25) is 0 Å². The summed E-state index contributed by atoms with van der Waals surface area (Å²) in [6.07, 6.45) is 6.45. The van der Waals surface area contributed by atoms with E-state index in [4.69, 9.17) is 0 Å². The number of allylic oxidation sites excluding steroid dienone is 1. The van der Waals surface area contributed by atoms with Crippen molar-refractivity contribution in [1.29, 1.82) is 0 Å². The summed E-state index contributed by atoms with van der Waals surface area (Å²) in [5.74, 6) is 0.0786. The van der Waals surface area contributed by atoms with E-state index in [0.29, 0.717) is 6.04 Å². The molecule has 0 saturated carbocycles. The van der Waals surface area contributed by atoms with Crippen molar-refractivity contribution < 1.29 is 4.79 Å². The second-order valence-corrected chi connectivity index (χ2v) is 4.13. The quantitative estimate of drug-likeness (QED) is 0.677. The van der Waals surface area contributed by atoms with E-state index >= 15 is 0 Å². The first-order chi connectivity index (χ1) is 7.24. The predicted molar refractivity (Wildman–Crippen MR) is 62.7 cm³/mol. The average molecular weight is 210 g/mol. The van der Waals surface area contributed by atoms with E-state index in [2.05, 4.69) is 10.6 Å². The normalized spacial score (nSPS) is 21.7. The Morgan fingerprint density at radius 3 is 3.00 bits per heavy atom. The van der Waals surface area contributed by atoms with E-state index in [1.54, 1.807) is 0 Å². The first-order valence-corrected chi connectivity index (χ1v) is 5.92. The highest BCUT2D eigenvalue weighted by Gasteiger charge is 2.13. The number of hydrogen-bond acceptors (Lipinski definition) is 2. The molecule has 86 valence electrons. The van der Waals surface area contributed by atoms with Gasteiger partial charge in [0.1, 0.15) is 0 Å². The first-order valence-electron chi connectivity index (χ1n) is 5.92. The summed E-state index contributed by atoms with van der Waals surface area (Å²) >= 11 is 0. The van der Waals surface area contributed by atoms with E-state index in [0.717, 1.165) is 31.5 Å². The van der Waals surface area contributed by atoms with Crippen molar-refractivity contribution in [2.24, 2.45) is 0 Å². The van der Waals surface area contributed by atoms with Crippen molar-refractivity contribution in [3.8, 4) is 0 Å². The van der Waals surface area contributed by atoms with Crippen molar-refractivity contribution >= 4 is 5.91 Å². The Labute approximate surface area is 92.3 Å². The van der Waals surface area contributed by atoms with Gasteiger partial charge in [0.2, 0.25) is 5.91 Å². The molecular formula is C12H22N2O. The third kappa shape index (κ3) is 4.47. The monoisotopic (exact) mass is 210 g/mol. The molecule has 1 rings (SSSR count). The van der Waals surface area contributed by atoms with E-state index in [-0.39, 0.29) is 5.91 Å². The fraction of sp³-hybridized carbons (Fsp3) is 0.750. The van der Waals surface area contributed by atoms with Gasteiger partial charge in [0.05, 0.1) is 0 Å². The standard InChI is InChI=1S/C12H22N2O/c1-3-5-10(2)12(15)14-9-7-11-6-4-8-13-11/h5,11,13H,3-4,6-9H2,1-2H3,(H,14,15)/b10-5-/t11-/m1/s1. The lowest BCUT2D eigenvalue weighted by molar-refractivity contribution is -0.117. The van der Waals surface area contributed by atoms with Crippen molar-refractivity contribution in [3.63, 3.8) is 0 Å². The van der Waals surface area contributed by atoms with Crippen LogP contribution < -0.4 is 10.6 Å². The molecule has 0 aromatic heterocycles. The maximum absolute atomic E-state index is 11.5. The van der Waals surface area contributed by atoms with Crippen LogP contribution in [-0.2, 0) is 4.79 Å². The number of nitrogens with one attached hydrogen (secondary N) is 2. The molecule has 0 aromatic rings. The number of amides is 1. The summed E-state index contributed by atoms with van der Waals surface area (Å²) in [6.45, 7) is 5.82. The van der Waals surface area contributed by atoms with E-state index in [1.165, 1.54) is 12.8 Å². The minimum Gasteiger partial charge on any atom is -0.352 e. The van der Waals surface area contributed by atoms with Crippen LogP contribution in [0.15, 0.2) is 11.6 Å². The summed E-state index contributed by atoms with van der Waals surface area (Å²) < 4.78 is 0. The van der Waals surface area contributed by atoms with Crippen LogP contribution in [0.4, 0.5) is 0 Å². The minimum absolute atomic E-state index is 0.0786. The molecule has 0 aliphatic carbocycles. The average Bonchev–Trinajstić information content (AvgIpc) is 2.71. The van der Waals surface area contributed by atoms with Crippen LogP contribution in [0, 0.1) is 0 Å². The van der Waals surface area contributed by atoms with Crippen LogP contribution in [-0.4, -0.2) is 25.0 Å². The van der Waals surface area contributed by atoms with E-state index < -0.39 is 0 Å². The Hall–Kier alpha value is -0.830. The molecule has 0 bridgehead atoms. The summed E-state index contributed by atoms with van der Waals surface area (Å²) in [6, 6.07) is 0.612. The highest BCUT2D eigenvalue weighted by Crippen LogP contribution is 2.07. The summed E-state index contributed by atoms with van der Waals surface area (Å²) in [4.78, 5) is 11.5. The van der Waals surface area contributed by atoms with Gasteiger partial charge in [0, 0.05) is 18.2 Å². The number of carbonyl (C=O) groups is 1. The number of carbonyl (C=O) groups excluding carboxylic acids is 1. The van der Waals surface area contributed by atoms with Crippen molar-refractivity contribution in [2.75, 3.05) is 13.1 Å². The molecule has 0 spiro atoms. The van der Waals surface area contributed by atoms with Gasteiger partial charge < -0.3 is 10.6 Å². The second-order valence-electron chi connectivity index (χ2n) is 4.13. The Morgan fingerprint density at radius 2 is 2.40 bits per heavy atom. The molecule has 2 N–H and O–H groups in total. The van der Waals surface area contributed by atoms with Gasteiger partial charge in [-0.1, -0.05) is 13.0 Å². The third-order valence-electron chi connectivity index (χ3n) is 2.81. The fourth-order valence-corrected chi connectivity index (χ4v) is 1.90. The van der Waals surface area contributed by atoms with Gasteiger partial charge >= 0.3 is 0 Å². The van der Waals surface area contributed by atoms with Gasteiger partial charge in [0.15, 0.2) is 0 Å². The highest BCUT2D eigenvalue weighted by atomic mass is 16.1. The minimum atomic E-state index is 0.0786. The Bertz CT molecular complexity index is 230. The van der Waals surface area contributed by atoms with Gasteiger partial charge in [0.25, 0.3) is 0 Å². The number of rotatable bonds is 5. The Morgan fingerprint density at radius 1 is 1.60 bits per heavy atom. The van der Waals surface area contributed by atoms with Gasteiger partial charge in [-0.25, -0.2) is 0 Å². The SMILES string of the molecule is CC/C=C(/C)C(=O)NCC[C@H]1CCCN1. The van der Waals surface area contributed by atoms with Crippen LogP contribution in [0.5, 0.6) is 0 Å². The lowest BCUT2D eigenvalue weighted by Gasteiger charge is -2.10. The molecule has 1 saturated heterocycles. The Kier molecular flexibility index (Phi) is 5.40. The smallest absolute Gasteiger partial charge is 0.246 e. The number of hydrogen-bond donors (Lipinski definition) is 2. The molecule has 1 atom stereocenters. The fourth-order valence-electron chi connectivity index (χ4n) is 1.90. The van der Waals surface area contributed by atoms with E-state index in [9.17, 15) is 4.79 Å². The molecule has 1 fully saturated rings. The molecule has 3 heteroatoms. The molecule has 3 nitrogen and oxygen atoms in total. The third-order valence-corrected chi connectivity index (χ3v) is 2.81. The van der Waals surface area contributed by atoms with Gasteiger partial charge in [-0.05, 0) is 39.2 Å². The molecule has 0 radical (unpaired) electrons. The van der Waals surface area contributed by atoms with Crippen LogP contribution >= 0.6 is 0 Å². The van der Waals surface area contributed by atoms with Crippen LogP contribution in [0.3, 0.4) is 0 Å². The molecule has 0 unspecified atom stereocenters.